The monoisotopic (exact) mass is 289 g/mol. The van der Waals surface area contributed by atoms with Crippen LogP contribution in [0.15, 0.2) is 30.9 Å². The Balaban J connectivity index is 2.07. The lowest BCUT2D eigenvalue weighted by molar-refractivity contribution is -0.145. The smallest absolute Gasteiger partial charge is 0.310 e. The van der Waals surface area contributed by atoms with Gasteiger partial charge in [-0.2, -0.15) is 0 Å². The lowest BCUT2D eigenvalue weighted by atomic mass is 10.1. The van der Waals surface area contributed by atoms with Gasteiger partial charge in [-0.25, -0.2) is 0 Å². The zero-order valence-corrected chi connectivity index (χ0v) is 12.8. The molecule has 1 aromatic rings. The number of rotatable bonds is 5. The van der Waals surface area contributed by atoms with Gasteiger partial charge in [0.2, 0.25) is 0 Å². The Morgan fingerprint density at radius 3 is 2.81 bits per heavy atom. The van der Waals surface area contributed by atoms with Crippen molar-refractivity contribution in [2.24, 2.45) is 0 Å². The first-order valence-electron chi connectivity index (χ1n) is 7.34. The minimum atomic E-state index is -0.249. The predicted molar refractivity (Wildman–Crippen MR) is 83.7 cm³/mol. The van der Waals surface area contributed by atoms with Crippen LogP contribution in [0.2, 0.25) is 0 Å². The van der Waals surface area contributed by atoms with Crippen molar-refractivity contribution in [1.29, 1.82) is 0 Å². The van der Waals surface area contributed by atoms with Crippen LogP contribution in [0.5, 0.6) is 0 Å². The van der Waals surface area contributed by atoms with Crippen LogP contribution in [-0.2, 0) is 20.7 Å². The van der Waals surface area contributed by atoms with Crippen LogP contribution in [0.3, 0.4) is 0 Å². The number of carbonyl (C=O) groups excluding carboxylic acids is 1. The van der Waals surface area contributed by atoms with Crippen molar-refractivity contribution in [2.45, 2.75) is 26.4 Å². The van der Waals surface area contributed by atoms with Crippen molar-refractivity contribution < 1.29 is 14.3 Å². The molecule has 1 aliphatic heterocycles. The van der Waals surface area contributed by atoms with Crippen molar-refractivity contribution in [3.05, 3.63) is 42.0 Å². The average Bonchev–Trinajstić information content (AvgIpc) is 2.47. The van der Waals surface area contributed by atoms with E-state index >= 15 is 0 Å². The molecule has 0 bridgehead atoms. The van der Waals surface area contributed by atoms with Gasteiger partial charge in [-0.15, -0.1) is 0 Å². The van der Waals surface area contributed by atoms with E-state index in [-0.39, 0.29) is 18.5 Å². The molecule has 0 N–H and O–H groups in total. The zero-order chi connectivity index (χ0) is 15.2. The number of aryl methyl sites for hydroxylation is 1. The summed E-state index contributed by atoms with van der Waals surface area (Å²) in [5, 5.41) is 0. The fourth-order valence-electron chi connectivity index (χ4n) is 2.41. The largest absolute Gasteiger partial charge is 0.458 e. The Morgan fingerprint density at radius 2 is 2.14 bits per heavy atom. The van der Waals surface area contributed by atoms with Gasteiger partial charge < -0.3 is 14.4 Å². The first-order valence-corrected chi connectivity index (χ1v) is 7.34. The number of nitrogens with zero attached hydrogens (tertiary/aromatic N) is 1. The van der Waals surface area contributed by atoms with E-state index in [0.29, 0.717) is 0 Å². The predicted octanol–water partition coefficient (Wildman–Crippen LogP) is 2.49. The number of hydrogen-bond acceptors (Lipinski definition) is 4. The van der Waals surface area contributed by atoms with Crippen LogP contribution in [0.4, 0.5) is 5.69 Å². The Bertz CT molecular complexity index is 507. The molecule has 0 aromatic heterocycles. The summed E-state index contributed by atoms with van der Waals surface area (Å²) in [7, 11) is 0. The van der Waals surface area contributed by atoms with E-state index in [1.807, 2.05) is 13.0 Å². The van der Waals surface area contributed by atoms with Crippen LogP contribution >= 0.6 is 0 Å². The first-order chi connectivity index (χ1) is 10.1. The van der Waals surface area contributed by atoms with Crippen LogP contribution in [0.1, 0.15) is 18.1 Å². The number of ether oxygens (including phenoxy) is 2. The quantitative estimate of drug-likeness (QED) is 0.616. The fraction of sp³-hybridized carbons (Fsp3) is 0.471. The second kappa shape index (κ2) is 7.27. The molecule has 0 spiro atoms. The molecule has 1 aliphatic rings. The summed E-state index contributed by atoms with van der Waals surface area (Å²) < 4.78 is 10.6. The third kappa shape index (κ3) is 4.60. The number of hydrogen-bond donors (Lipinski definition) is 0. The van der Waals surface area contributed by atoms with Crippen LogP contribution in [0.25, 0.3) is 0 Å². The van der Waals surface area contributed by atoms with E-state index in [0.717, 1.165) is 43.1 Å². The average molecular weight is 289 g/mol. The number of esters is 1. The van der Waals surface area contributed by atoms with Gasteiger partial charge in [-0.1, -0.05) is 18.7 Å². The second-order valence-corrected chi connectivity index (χ2v) is 5.38. The second-order valence-electron chi connectivity index (χ2n) is 5.38. The molecule has 0 radical (unpaired) electrons. The molecule has 0 amide bonds. The van der Waals surface area contributed by atoms with E-state index in [2.05, 4.69) is 23.6 Å². The number of morpholine rings is 1. The number of carbonyl (C=O) groups is 1. The van der Waals surface area contributed by atoms with Crippen LogP contribution in [0, 0.1) is 6.92 Å². The zero-order valence-electron chi connectivity index (χ0n) is 12.8. The molecule has 0 aliphatic carbocycles. The molecular weight excluding hydrogens is 266 g/mol. The van der Waals surface area contributed by atoms with Gasteiger partial charge in [-0.05, 0) is 37.1 Å². The van der Waals surface area contributed by atoms with E-state index in [1.54, 1.807) is 13.0 Å². The summed E-state index contributed by atoms with van der Waals surface area (Å²) in [6.07, 6.45) is 1.66. The Labute approximate surface area is 126 Å². The van der Waals surface area contributed by atoms with Crippen molar-refractivity contribution >= 4 is 11.7 Å². The lowest BCUT2D eigenvalue weighted by Crippen LogP contribution is -2.36. The van der Waals surface area contributed by atoms with E-state index in [9.17, 15) is 4.79 Å². The molecule has 1 unspecified atom stereocenters. The summed E-state index contributed by atoms with van der Waals surface area (Å²) in [5.41, 5.74) is 3.29. The topological polar surface area (TPSA) is 38.8 Å². The lowest BCUT2D eigenvalue weighted by Gasteiger charge is -2.29. The molecule has 1 aromatic carbocycles. The summed E-state index contributed by atoms with van der Waals surface area (Å²) in [6.45, 7) is 10.8. The highest BCUT2D eigenvalue weighted by Crippen LogP contribution is 2.21. The highest BCUT2D eigenvalue weighted by Gasteiger charge is 2.14. The third-order valence-electron chi connectivity index (χ3n) is 3.50. The van der Waals surface area contributed by atoms with Crippen LogP contribution < -0.4 is 4.90 Å². The maximum absolute atomic E-state index is 11.9. The Morgan fingerprint density at radius 1 is 1.43 bits per heavy atom. The number of benzene rings is 1. The highest BCUT2D eigenvalue weighted by atomic mass is 16.5. The first kappa shape index (κ1) is 15.6. The fourth-order valence-corrected chi connectivity index (χ4v) is 2.41. The molecule has 1 heterocycles. The molecule has 0 saturated carbocycles. The van der Waals surface area contributed by atoms with E-state index in [4.69, 9.17) is 9.47 Å². The minimum absolute atomic E-state index is 0.221. The van der Waals surface area contributed by atoms with E-state index < -0.39 is 0 Å². The van der Waals surface area contributed by atoms with Crippen molar-refractivity contribution in [3.8, 4) is 0 Å². The molecule has 21 heavy (non-hydrogen) atoms. The molecule has 1 saturated heterocycles. The summed E-state index contributed by atoms with van der Waals surface area (Å²) in [5.74, 6) is -0.221. The van der Waals surface area contributed by atoms with Gasteiger partial charge in [0.25, 0.3) is 0 Å². The maximum atomic E-state index is 11.9. The third-order valence-corrected chi connectivity index (χ3v) is 3.50. The normalized spacial score (nSPS) is 16.4. The van der Waals surface area contributed by atoms with Crippen molar-refractivity contribution in [2.75, 3.05) is 31.2 Å². The van der Waals surface area contributed by atoms with Gasteiger partial charge in [0.1, 0.15) is 6.10 Å². The molecule has 4 heteroatoms. The molecule has 1 fully saturated rings. The molecule has 4 nitrogen and oxygen atoms in total. The van der Waals surface area contributed by atoms with Crippen molar-refractivity contribution in [3.63, 3.8) is 0 Å². The minimum Gasteiger partial charge on any atom is -0.458 e. The standard InChI is InChI=1S/C17H23NO3/c1-4-14(3)21-17(19)12-15-9-13(2)10-16(11-15)18-5-7-20-8-6-18/h4,9-11,14H,1,5-8,12H2,2-3H3. The molecule has 114 valence electrons. The highest BCUT2D eigenvalue weighted by molar-refractivity contribution is 5.73. The molecule has 1 atom stereocenters. The SMILES string of the molecule is C=CC(C)OC(=O)Cc1cc(C)cc(N2CCOCC2)c1. The van der Waals surface area contributed by atoms with Gasteiger partial charge in [0.15, 0.2) is 0 Å². The van der Waals surface area contributed by atoms with Gasteiger partial charge in [-0.3, -0.25) is 4.79 Å². The molecular formula is C17H23NO3. The maximum Gasteiger partial charge on any atom is 0.310 e. The van der Waals surface area contributed by atoms with Crippen LogP contribution in [-0.4, -0.2) is 38.4 Å². The summed E-state index contributed by atoms with van der Waals surface area (Å²) in [6, 6.07) is 6.24. The molecule has 2 rings (SSSR count). The summed E-state index contributed by atoms with van der Waals surface area (Å²) >= 11 is 0. The van der Waals surface area contributed by atoms with E-state index in [1.165, 1.54) is 0 Å². The Hall–Kier alpha value is -1.81. The number of anilines is 1. The van der Waals surface area contributed by atoms with Gasteiger partial charge >= 0.3 is 5.97 Å². The Kier molecular flexibility index (Phi) is 5.39. The van der Waals surface area contributed by atoms with Gasteiger partial charge in [0.05, 0.1) is 19.6 Å². The van der Waals surface area contributed by atoms with Crippen molar-refractivity contribution in [1.82, 2.24) is 0 Å². The van der Waals surface area contributed by atoms with Gasteiger partial charge in [0, 0.05) is 18.8 Å². The summed E-state index contributed by atoms with van der Waals surface area (Å²) in [4.78, 5) is 14.2.